The fraction of sp³-hybridized carbons (Fsp3) is 0.261. The van der Waals surface area contributed by atoms with Gasteiger partial charge in [0, 0.05) is 29.0 Å². The van der Waals surface area contributed by atoms with E-state index in [1.807, 2.05) is 83.3 Å². The quantitative estimate of drug-likeness (QED) is 0.0944. The van der Waals surface area contributed by atoms with Crippen molar-refractivity contribution in [1.29, 1.82) is 0 Å². The molecule has 0 aliphatic carbocycles. The van der Waals surface area contributed by atoms with Crippen LogP contribution in [0.1, 0.15) is 51.2 Å². The third-order valence-electron chi connectivity index (χ3n) is 8.37. The standard InChI is InChI=1S/C27H22N.C19H26GeN.Ir/c1-18(2)15-19-13-14-28-27(16-19)20-11-12-25-23-9-4-3-7-21(23)22-8-5-6-10-24(22)26(25)17-20;1-19(2,3)13-16-12-18(15-10-8-7-9-11-15)21-14-17(16)20(4,5)6;/h3-10,12-14,16-18H,15H2,1-2H3;7-10,12,14H,13H2,1-6H3;/q2*-1;/i15D2;13D2;. The van der Waals surface area contributed by atoms with Crippen LogP contribution in [-0.4, -0.2) is 23.2 Å². The second kappa shape index (κ2) is 15.7. The van der Waals surface area contributed by atoms with E-state index in [0.717, 1.165) is 37.9 Å². The number of nitrogens with zero attached hydrogens (tertiary/aromatic N) is 2. The number of hydrogen-bond acceptors (Lipinski definition) is 2. The molecule has 2 aromatic heterocycles. The number of rotatable bonds is 6. The van der Waals surface area contributed by atoms with Crippen LogP contribution in [0.5, 0.6) is 0 Å². The first-order valence-electron chi connectivity index (χ1n) is 19.1. The molecule has 257 valence electrons. The minimum atomic E-state index is -2.24. The number of benzene rings is 5. The van der Waals surface area contributed by atoms with Crippen molar-refractivity contribution in [2.45, 2.75) is 64.6 Å². The van der Waals surface area contributed by atoms with Crippen LogP contribution in [-0.2, 0) is 32.9 Å². The monoisotopic (exact) mass is 899 g/mol. The smallest absolute Gasteiger partial charge is 0.0318 e. The Hall–Kier alpha value is -3.63. The molecular weight excluding hydrogens is 845 g/mol. The Morgan fingerprint density at radius 3 is 1.88 bits per heavy atom. The summed E-state index contributed by atoms with van der Waals surface area (Å²) in [5.74, 6) is 6.73. The number of aromatic nitrogens is 2. The summed E-state index contributed by atoms with van der Waals surface area (Å²) in [6.07, 6.45) is 0.793. The van der Waals surface area contributed by atoms with E-state index in [4.69, 9.17) is 5.48 Å². The van der Waals surface area contributed by atoms with Gasteiger partial charge in [0.15, 0.2) is 0 Å². The van der Waals surface area contributed by atoms with Crippen molar-refractivity contribution in [2.24, 2.45) is 11.3 Å². The van der Waals surface area contributed by atoms with Crippen molar-refractivity contribution >= 4 is 50.0 Å². The van der Waals surface area contributed by atoms with Gasteiger partial charge >= 0.3 is 135 Å². The van der Waals surface area contributed by atoms with Crippen molar-refractivity contribution in [3.8, 4) is 22.5 Å². The summed E-state index contributed by atoms with van der Waals surface area (Å²) in [6, 6.07) is 41.1. The Kier molecular flexibility index (Phi) is 10.2. The number of hydrogen-bond donors (Lipinski definition) is 0. The molecule has 0 aliphatic rings. The topological polar surface area (TPSA) is 25.8 Å². The maximum atomic E-state index is 8.76. The van der Waals surface area contributed by atoms with Gasteiger partial charge in [0.25, 0.3) is 0 Å². The average Bonchev–Trinajstić information content (AvgIpc) is 3.14. The Morgan fingerprint density at radius 1 is 0.700 bits per heavy atom. The second-order valence-electron chi connectivity index (χ2n) is 15.0. The molecule has 0 atom stereocenters. The fourth-order valence-corrected chi connectivity index (χ4v) is 9.18. The molecule has 0 bridgehead atoms. The van der Waals surface area contributed by atoms with Gasteiger partial charge < -0.3 is 4.98 Å². The van der Waals surface area contributed by atoms with Crippen molar-refractivity contribution < 1.29 is 25.6 Å². The fourth-order valence-electron chi connectivity index (χ4n) is 6.25. The molecule has 0 aliphatic heterocycles. The molecule has 7 rings (SSSR count). The normalized spacial score (nSPS) is 13.5. The Labute approximate surface area is 321 Å². The Morgan fingerprint density at radius 2 is 1.30 bits per heavy atom. The molecule has 0 saturated carbocycles. The molecule has 50 heavy (non-hydrogen) atoms. The van der Waals surface area contributed by atoms with Gasteiger partial charge in [-0.05, 0) is 40.2 Å². The summed E-state index contributed by atoms with van der Waals surface area (Å²) in [4.78, 5) is 9.15. The zero-order chi connectivity index (χ0) is 38.3. The summed E-state index contributed by atoms with van der Waals surface area (Å²) in [5.41, 5.74) is 4.31. The molecule has 4 heteroatoms. The molecule has 7 aromatic rings. The van der Waals surface area contributed by atoms with Gasteiger partial charge in [-0.3, -0.25) is 0 Å². The minimum Gasteiger partial charge on any atom is -0.305 e. The van der Waals surface area contributed by atoms with E-state index in [9.17, 15) is 0 Å². The van der Waals surface area contributed by atoms with Crippen LogP contribution in [0.3, 0.4) is 0 Å². The molecule has 1 radical (unpaired) electrons. The van der Waals surface area contributed by atoms with Gasteiger partial charge in [0.2, 0.25) is 0 Å². The van der Waals surface area contributed by atoms with Crippen LogP contribution in [0, 0.1) is 23.5 Å². The second-order valence-corrected chi connectivity index (χ2v) is 25.6. The van der Waals surface area contributed by atoms with Gasteiger partial charge in [-0.25, -0.2) is 0 Å². The van der Waals surface area contributed by atoms with Crippen LogP contribution in [0.4, 0.5) is 0 Å². The third kappa shape index (κ3) is 8.80. The number of fused-ring (bicyclic) bond motifs is 6. The predicted octanol–water partition coefficient (Wildman–Crippen LogP) is 11.9. The van der Waals surface area contributed by atoms with Crippen LogP contribution in [0.15, 0.2) is 116 Å². The first-order chi connectivity index (χ1) is 24.9. The Balaban J connectivity index is 0.000000212. The van der Waals surface area contributed by atoms with Gasteiger partial charge in [0.1, 0.15) is 0 Å². The molecule has 0 N–H and O–H groups in total. The van der Waals surface area contributed by atoms with E-state index in [1.54, 1.807) is 12.3 Å². The van der Waals surface area contributed by atoms with E-state index in [2.05, 4.69) is 94.0 Å². The van der Waals surface area contributed by atoms with Crippen LogP contribution in [0.25, 0.3) is 54.8 Å². The number of pyridine rings is 2. The average molecular weight is 898 g/mol. The molecule has 0 spiro atoms. The summed E-state index contributed by atoms with van der Waals surface area (Å²) in [7, 11) is 0. The van der Waals surface area contributed by atoms with E-state index in [0.29, 0.717) is 5.56 Å². The first-order valence-corrected chi connectivity index (χ1v) is 24.5. The summed E-state index contributed by atoms with van der Waals surface area (Å²) in [6.45, 7) is 9.68. The molecular formula is C46H48GeIrN2-2. The summed E-state index contributed by atoms with van der Waals surface area (Å²) in [5, 5.41) is 7.23. The maximum absolute atomic E-state index is 8.76. The molecule has 2 heterocycles. The molecule has 0 fully saturated rings. The van der Waals surface area contributed by atoms with E-state index in [1.165, 1.54) is 26.9 Å². The molecule has 5 aromatic carbocycles. The minimum absolute atomic E-state index is 0. The third-order valence-corrected chi connectivity index (χ3v) is 12.6. The van der Waals surface area contributed by atoms with Crippen LogP contribution in [0.2, 0.25) is 17.3 Å². The first kappa shape index (κ1) is 32.3. The zero-order valence-corrected chi connectivity index (χ0v) is 34.8. The summed E-state index contributed by atoms with van der Waals surface area (Å²) >= 11 is -2.24. The molecule has 0 saturated heterocycles. The molecule has 2 nitrogen and oxygen atoms in total. The maximum Gasteiger partial charge on any atom is 0.0318 e. The van der Waals surface area contributed by atoms with Gasteiger partial charge in [-0.2, -0.15) is 0 Å². The van der Waals surface area contributed by atoms with E-state index < -0.39 is 31.4 Å². The zero-order valence-electron chi connectivity index (χ0n) is 34.3. The van der Waals surface area contributed by atoms with E-state index >= 15 is 0 Å². The van der Waals surface area contributed by atoms with E-state index in [-0.39, 0.29) is 26.0 Å². The van der Waals surface area contributed by atoms with Crippen molar-refractivity contribution in [1.82, 2.24) is 9.97 Å². The SMILES string of the molecule is [2H]C([2H])(c1cc(-c2[c-]cccc2)nc[c]1[Ge]([CH3])([CH3])[CH3])C(C)(C)C.[2H]C([2H])(c1ccnc(-c2[c-]cc3c4ccccc4c4ccccc4c3c2)c1)C(C)C.[Ir]. The van der Waals surface area contributed by atoms with Crippen molar-refractivity contribution in [3.05, 3.63) is 139 Å². The summed E-state index contributed by atoms with van der Waals surface area (Å²) < 4.78 is 35.5. The largest absolute Gasteiger partial charge is 0.305 e. The van der Waals surface area contributed by atoms with Crippen molar-refractivity contribution in [2.75, 3.05) is 0 Å². The van der Waals surface area contributed by atoms with Gasteiger partial charge in [-0.15, -0.1) is 23.8 Å². The Bertz CT molecular complexity index is 2380. The van der Waals surface area contributed by atoms with Crippen molar-refractivity contribution in [3.63, 3.8) is 0 Å². The van der Waals surface area contributed by atoms with Gasteiger partial charge in [0.05, 0.1) is 0 Å². The molecule has 0 amide bonds. The van der Waals surface area contributed by atoms with Gasteiger partial charge in [-0.1, -0.05) is 90.2 Å². The van der Waals surface area contributed by atoms with Crippen LogP contribution < -0.4 is 4.40 Å². The van der Waals surface area contributed by atoms with Crippen LogP contribution >= 0.6 is 0 Å². The predicted molar refractivity (Wildman–Crippen MR) is 214 cm³/mol. The molecule has 0 unspecified atom stereocenters.